The van der Waals surface area contributed by atoms with Gasteiger partial charge in [0.2, 0.25) is 5.91 Å². The molecule has 0 radical (unpaired) electrons. The van der Waals surface area contributed by atoms with Crippen molar-refractivity contribution in [3.05, 3.63) is 30.1 Å². The van der Waals surface area contributed by atoms with Crippen molar-refractivity contribution in [3.8, 4) is 0 Å². The Morgan fingerprint density at radius 3 is 2.48 bits per heavy atom. The predicted molar refractivity (Wildman–Crippen MR) is 86.7 cm³/mol. The molecule has 1 aliphatic heterocycles. The van der Waals surface area contributed by atoms with Crippen LogP contribution in [-0.2, 0) is 16.1 Å². The summed E-state index contributed by atoms with van der Waals surface area (Å²) in [5, 5.41) is 12.9. The zero-order chi connectivity index (χ0) is 17.3. The van der Waals surface area contributed by atoms with E-state index in [4.69, 9.17) is 0 Å². The van der Waals surface area contributed by atoms with Crippen LogP contribution in [0, 0.1) is 5.41 Å². The van der Waals surface area contributed by atoms with Crippen LogP contribution >= 0.6 is 0 Å². The summed E-state index contributed by atoms with van der Waals surface area (Å²) in [7, 11) is 0. The number of likely N-dealkylation sites (tertiary alicyclic amines) is 1. The molecule has 0 saturated carbocycles. The Kier molecular flexibility index (Phi) is 4.75. The molecular weight excluding hydrogens is 294 g/mol. The summed E-state index contributed by atoms with van der Waals surface area (Å²) in [5.41, 5.74) is -0.742. The van der Waals surface area contributed by atoms with Crippen molar-refractivity contribution >= 4 is 11.9 Å². The lowest BCUT2D eigenvalue weighted by atomic mass is 9.73. The summed E-state index contributed by atoms with van der Waals surface area (Å²) >= 11 is 0. The molecule has 6 heteroatoms. The molecule has 0 aromatic carbocycles. The molecule has 1 fully saturated rings. The Balaban J connectivity index is 2.10. The van der Waals surface area contributed by atoms with Crippen LogP contribution < -0.4 is 5.32 Å². The van der Waals surface area contributed by atoms with E-state index in [1.807, 2.05) is 32.9 Å². The maximum atomic E-state index is 12.7. The molecule has 0 spiro atoms. The maximum absolute atomic E-state index is 12.7. The van der Waals surface area contributed by atoms with Gasteiger partial charge >= 0.3 is 5.97 Å². The Bertz CT molecular complexity index is 582. The standard InChI is InChI=1S/C17H25N3O3/c1-16(2,3)17(4,15(22)23)20-10-7-13(14(20)21)19-11-12-5-8-18-9-6-12/h5-6,8-9,13,19H,7,10-11H2,1-4H3,(H,22,23)/t13-,17+/m0/s1. The van der Waals surface area contributed by atoms with Gasteiger partial charge in [-0.1, -0.05) is 20.8 Å². The van der Waals surface area contributed by atoms with Gasteiger partial charge in [0.05, 0.1) is 6.04 Å². The average molecular weight is 319 g/mol. The minimum Gasteiger partial charge on any atom is -0.479 e. The number of pyridine rings is 1. The lowest BCUT2D eigenvalue weighted by Gasteiger charge is -2.45. The lowest BCUT2D eigenvalue weighted by molar-refractivity contribution is -0.164. The van der Waals surface area contributed by atoms with E-state index in [9.17, 15) is 14.7 Å². The minimum absolute atomic E-state index is 0.140. The zero-order valence-electron chi connectivity index (χ0n) is 14.2. The number of hydrogen-bond donors (Lipinski definition) is 2. The molecule has 1 saturated heterocycles. The topological polar surface area (TPSA) is 82.5 Å². The monoisotopic (exact) mass is 319 g/mol. The summed E-state index contributed by atoms with van der Waals surface area (Å²) in [6.07, 6.45) is 4.03. The molecule has 1 aromatic heterocycles. The van der Waals surface area contributed by atoms with Gasteiger partial charge in [0.25, 0.3) is 0 Å². The van der Waals surface area contributed by atoms with Crippen molar-refractivity contribution in [2.45, 2.75) is 52.2 Å². The number of amides is 1. The highest BCUT2D eigenvalue weighted by molar-refractivity contribution is 5.91. The van der Waals surface area contributed by atoms with Crippen molar-refractivity contribution in [2.75, 3.05) is 6.54 Å². The molecule has 126 valence electrons. The van der Waals surface area contributed by atoms with Crippen LogP contribution in [0.2, 0.25) is 0 Å². The van der Waals surface area contributed by atoms with Gasteiger partial charge in [-0.15, -0.1) is 0 Å². The van der Waals surface area contributed by atoms with Crippen LogP contribution in [0.1, 0.15) is 39.7 Å². The fraction of sp³-hybridized carbons (Fsp3) is 0.588. The first kappa shape index (κ1) is 17.4. The maximum Gasteiger partial charge on any atom is 0.329 e. The van der Waals surface area contributed by atoms with E-state index in [1.165, 1.54) is 4.90 Å². The van der Waals surface area contributed by atoms with Gasteiger partial charge in [-0.2, -0.15) is 0 Å². The smallest absolute Gasteiger partial charge is 0.329 e. The van der Waals surface area contributed by atoms with Crippen LogP contribution in [0.25, 0.3) is 0 Å². The molecule has 0 bridgehead atoms. The first-order valence-electron chi connectivity index (χ1n) is 7.85. The summed E-state index contributed by atoms with van der Waals surface area (Å²) in [5.74, 6) is -1.10. The summed E-state index contributed by atoms with van der Waals surface area (Å²) in [6.45, 7) is 8.21. The van der Waals surface area contributed by atoms with Crippen molar-refractivity contribution in [1.29, 1.82) is 0 Å². The number of carboxylic acid groups (broad SMARTS) is 1. The number of nitrogens with one attached hydrogen (secondary N) is 1. The number of aliphatic carboxylic acids is 1. The highest BCUT2D eigenvalue weighted by Crippen LogP contribution is 2.38. The first-order chi connectivity index (χ1) is 10.7. The first-order valence-corrected chi connectivity index (χ1v) is 7.85. The molecule has 2 atom stereocenters. The minimum atomic E-state index is -1.23. The second kappa shape index (κ2) is 6.28. The lowest BCUT2D eigenvalue weighted by Crippen LogP contribution is -2.61. The number of rotatable bonds is 5. The quantitative estimate of drug-likeness (QED) is 0.862. The Morgan fingerprint density at radius 2 is 1.96 bits per heavy atom. The summed E-state index contributed by atoms with van der Waals surface area (Å²) in [6, 6.07) is 3.44. The SMILES string of the molecule is CC(C)(C)[C@@](C)(C(=O)O)N1CC[C@H](NCc2ccncc2)C1=O. The number of carbonyl (C=O) groups is 2. The van der Waals surface area contributed by atoms with E-state index < -0.39 is 16.9 Å². The Hall–Kier alpha value is -1.95. The molecule has 0 aliphatic carbocycles. The van der Waals surface area contributed by atoms with Crippen LogP contribution in [0.5, 0.6) is 0 Å². The molecule has 1 amide bonds. The molecule has 2 rings (SSSR count). The zero-order valence-corrected chi connectivity index (χ0v) is 14.2. The normalized spacial score (nSPS) is 21.3. The van der Waals surface area contributed by atoms with Crippen LogP contribution in [0.15, 0.2) is 24.5 Å². The molecule has 2 heterocycles. The van der Waals surface area contributed by atoms with Gasteiger partial charge in [0.15, 0.2) is 0 Å². The largest absolute Gasteiger partial charge is 0.479 e. The van der Waals surface area contributed by atoms with Gasteiger partial charge in [-0.25, -0.2) is 4.79 Å². The fourth-order valence-electron chi connectivity index (χ4n) is 2.90. The predicted octanol–water partition coefficient (Wildman–Crippen LogP) is 1.66. The fourth-order valence-corrected chi connectivity index (χ4v) is 2.90. The molecule has 2 N–H and O–H groups in total. The molecule has 1 aliphatic rings. The van der Waals surface area contributed by atoms with Crippen molar-refractivity contribution in [2.24, 2.45) is 5.41 Å². The Labute approximate surface area is 136 Å². The number of nitrogens with zero attached hydrogens (tertiary/aromatic N) is 2. The number of aromatic nitrogens is 1. The summed E-state index contributed by atoms with van der Waals surface area (Å²) < 4.78 is 0. The van der Waals surface area contributed by atoms with Gasteiger partial charge in [-0.05, 0) is 36.5 Å². The van der Waals surface area contributed by atoms with Gasteiger partial charge in [-0.3, -0.25) is 9.78 Å². The average Bonchev–Trinajstić information content (AvgIpc) is 2.85. The van der Waals surface area contributed by atoms with Crippen molar-refractivity contribution < 1.29 is 14.7 Å². The summed E-state index contributed by atoms with van der Waals surface area (Å²) in [4.78, 5) is 30.1. The third kappa shape index (κ3) is 3.22. The Morgan fingerprint density at radius 1 is 1.35 bits per heavy atom. The third-order valence-corrected chi connectivity index (χ3v) is 4.92. The van der Waals surface area contributed by atoms with E-state index in [0.29, 0.717) is 19.5 Å². The van der Waals surface area contributed by atoms with Gasteiger partial charge in [0.1, 0.15) is 5.54 Å². The van der Waals surface area contributed by atoms with Gasteiger partial charge < -0.3 is 15.3 Å². The van der Waals surface area contributed by atoms with Crippen LogP contribution in [-0.4, -0.2) is 45.0 Å². The number of hydrogen-bond acceptors (Lipinski definition) is 4. The van der Waals surface area contributed by atoms with E-state index in [2.05, 4.69) is 10.3 Å². The molecule has 0 unspecified atom stereocenters. The van der Waals surface area contributed by atoms with Crippen LogP contribution in [0.3, 0.4) is 0 Å². The molecular formula is C17H25N3O3. The van der Waals surface area contributed by atoms with E-state index in [0.717, 1.165) is 5.56 Å². The highest BCUT2D eigenvalue weighted by atomic mass is 16.4. The van der Waals surface area contributed by atoms with Crippen LogP contribution in [0.4, 0.5) is 0 Å². The van der Waals surface area contributed by atoms with E-state index >= 15 is 0 Å². The highest BCUT2D eigenvalue weighted by Gasteiger charge is 2.54. The third-order valence-electron chi connectivity index (χ3n) is 4.92. The molecule has 23 heavy (non-hydrogen) atoms. The number of carbonyl (C=O) groups excluding carboxylic acids is 1. The number of carboxylic acids is 1. The van der Waals surface area contributed by atoms with Crippen molar-refractivity contribution in [1.82, 2.24) is 15.2 Å². The van der Waals surface area contributed by atoms with E-state index in [1.54, 1.807) is 19.3 Å². The van der Waals surface area contributed by atoms with Crippen molar-refractivity contribution in [3.63, 3.8) is 0 Å². The molecule has 1 aromatic rings. The second-order valence-electron chi connectivity index (χ2n) is 7.19. The molecule has 6 nitrogen and oxygen atoms in total. The van der Waals surface area contributed by atoms with E-state index in [-0.39, 0.29) is 11.9 Å². The van der Waals surface area contributed by atoms with Gasteiger partial charge in [0, 0.05) is 25.5 Å². The second-order valence-corrected chi connectivity index (χ2v) is 7.19.